The number of aryl methyl sites for hydroxylation is 1. The molecule has 2 aromatic carbocycles. The Balaban J connectivity index is 1.66. The Kier molecular flexibility index (Phi) is 4.57. The largest absolute Gasteiger partial charge is 0.350 e. The van der Waals surface area contributed by atoms with E-state index in [1.54, 1.807) is 6.21 Å². The first-order valence-corrected chi connectivity index (χ1v) is 8.03. The minimum atomic E-state index is -0.135. The molecule has 0 unspecified atom stereocenters. The van der Waals surface area contributed by atoms with E-state index in [4.69, 9.17) is 0 Å². The molecule has 3 aromatic rings. The minimum Gasteiger partial charge on any atom is -0.350 e. The Morgan fingerprint density at radius 1 is 1.22 bits per heavy atom. The summed E-state index contributed by atoms with van der Waals surface area (Å²) in [4.78, 5) is 11.9. The second-order valence-electron chi connectivity index (χ2n) is 5.31. The molecule has 116 valence electrons. The molecular formula is C18H16BrN3O. The highest BCUT2D eigenvalue weighted by Gasteiger charge is 2.04. The Bertz CT molecular complexity index is 866. The van der Waals surface area contributed by atoms with Crippen molar-refractivity contribution in [1.82, 2.24) is 9.99 Å². The van der Waals surface area contributed by atoms with E-state index in [-0.39, 0.29) is 5.91 Å². The molecular weight excluding hydrogens is 354 g/mol. The van der Waals surface area contributed by atoms with Crippen molar-refractivity contribution in [2.45, 2.75) is 6.42 Å². The van der Waals surface area contributed by atoms with E-state index in [0.717, 1.165) is 26.5 Å². The van der Waals surface area contributed by atoms with E-state index in [9.17, 15) is 4.79 Å². The Morgan fingerprint density at radius 2 is 1.96 bits per heavy atom. The van der Waals surface area contributed by atoms with Crippen LogP contribution in [0.2, 0.25) is 0 Å². The number of carbonyl (C=O) groups excluding carboxylic acids is 1. The summed E-state index contributed by atoms with van der Waals surface area (Å²) in [7, 11) is 1.99. The van der Waals surface area contributed by atoms with E-state index in [0.29, 0.717) is 6.42 Å². The van der Waals surface area contributed by atoms with Gasteiger partial charge in [0.05, 0.1) is 12.6 Å². The number of para-hydroxylation sites is 1. The number of hydrogen-bond donors (Lipinski definition) is 1. The van der Waals surface area contributed by atoms with Crippen LogP contribution < -0.4 is 5.43 Å². The van der Waals surface area contributed by atoms with E-state index >= 15 is 0 Å². The molecule has 0 aliphatic carbocycles. The standard InChI is InChI=1S/C18H16BrN3O/c1-22-12-14(16-4-2-3-5-17(16)22)11-20-21-18(23)10-13-6-8-15(19)9-7-13/h2-9,11-12H,10H2,1H3,(H,21,23)/b20-11-. The molecule has 0 radical (unpaired) electrons. The van der Waals surface area contributed by atoms with Crippen molar-refractivity contribution in [2.24, 2.45) is 12.1 Å². The van der Waals surface area contributed by atoms with Crippen LogP contribution in [0.3, 0.4) is 0 Å². The van der Waals surface area contributed by atoms with Gasteiger partial charge in [0, 0.05) is 34.2 Å². The third-order valence-electron chi connectivity index (χ3n) is 3.60. The van der Waals surface area contributed by atoms with E-state index < -0.39 is 0 Å². The first-order valence-electron chi connectivity index (χ1n) is 7.24. The number of aromatic nitrogens is 1. The Morgan fingerprint density at radius 3 is 2.74 bits per heavy atom. The van der Waals surface area contributed by atoms with Gasteiger partial charge in [-0.1, -0.05) is 46.3 Å². The lowest BCUT2D eigenvalue weighted by molar-refractivity contribution is -0.120. The van der Waals surface area contributed by atoms with Gasteiger partial charge in [-0.05, 0) is 23.8 Å². The first kappa shape index (κ1) is 15.5. The number of rotatable bonds is 4. The second-order valence-corrected chi connectivity index (χ2v) is 6.22. The molecule has 1 heterocycles. The van der Waals surface area contributed by atoms with Crippen LogP contribution in [-0.4, -0.2) is 16.7 Å². The highest BCUT2D eigenvalue weighted by atomic mass is 79.9. The van der Waals surface area contributed by atoms with Gasteiger partial charge in [0.2, 0.25) is 5.91 Å². The fourth-order valence-electron chi connectivity index (χ4n) is 2.48. The van der Waals surface area contributed by atoms with Gasteiger partial charge < -0.3 is 4.57 Å². The van der Waals surface area contributed by atoms with Crippen molar-refractivity contribution in [3.8, 4) is 0 Å². The second kappa shape index (κ2) is 6.79. The predicted molar refractivity (Wildman–Crippen MR) is 96.5 cm³/mol. The topological polar surface area (TPSA) is 46.4 Å². The van der Waals surface area contributed by atoms with Gasteiger partial charge in [0.15, 0.2) is 0 Å². The molecule has 0 aliphatic rings. The SMILES string of the molecule is Cn1cc(/C=N\NC(=O)Cc2ccc(Br)cc2)c2ccccc21. The number of fused-ring (bicyclic) bond motifs is 1. The van der Waals surface area contributed by atoms with E-state index in [1.165, 1.54) is 0 Å². The number of benzene rings is 2. The first-order chi connectivity index (χ1) is 11.1. The van der Waals surface area contributed by atoms with Gasteiger partial charge in [-0.25, -0.2) is 5.43 Å². The molecule has 0 bridgehead atoms. The highest BCUT2D eigenvalue weighted by Crippen LogP contribution is 2.18. The maximum atomic E-state index is 11.9. The van der Waals surface area contributed by atoms with Gasteiger partial charge in [-0.3, -0.25) is 4.79 Å². The molecule has 1 N–H and O–H groups in total. The molecule has 0 aliphatic heterocycles. The maximum Gasteiger partial charge on any atom is 0.244 e. The zero-order chi connectivity index (χ0) is 16.2. The number of hydrazone groups is 1. The Hall–Kier alpha value is -2.40. The lowest BCUT2D eigenvalue weighted by Gasteiger charge is -2.00. The normalized spacial score (nSPS) is 11.2. The highest BCUT2D eigenvalue weighted by molar-refractivity contribution is 9.10. The average molecular weight is 370 g/mol. The predicted octanol–water partition coefficient (Wildman–Crippen LogP) is 3.63. The van der Waals surface area contributed by atoms with Crippen LogP contribution in [0.15, 0.2) is 64.3 Å². The zero-order valence-corrected chi connectivity index (χ0v) is 14.2. The number of nitrogens with zero attached hydrogens (tertiary/aromatic N) is 2. The third kappa shape index (κ3) is 3.68. The van der Waals surface area contributed by atoms with Gasteiger partial charge in [-0.2, -0.15) is 5.10 Å². The Labute approximate surface area is 142 Å². The van der Waals surface area contributed by atoms with Gasteiger partial charge in [0.25, 0.3) is 0 Å². The molecule has 3 rings (SSSR count). The van der Waals surface area contributed by atoms with Crippen molar-refractivity contribution < 1.29 is 4.79 Å². The third-order valence-corrected chi connectivity index (χ3v) is 4.13. The van der Waals surface area contributed by atoms with Crippen LogP contribution in [0, 0.1) is 0 Å². The average Bonchev–Trinajstić information content (AvgIpc) is 2.87. The fraction of sp³-hybridized carbons (Fsp3) is 0.111. The smallest absolute Gasteiger partial charge is 0.244 e. The van der Waals surface area contributed by atoms with Crippen LogP contribution in [0.1, 0.15) is 11.1 Å². The summed E-state index contributed by atoms with van der Waals surface area (Å²) in [6.45, 7) is 0. The summed E-state index contributed by atoms with van der Waals surface area (Å²) in [6, 6.07) is 15.8. The van der Waals surface area contributed by atoms with Crippen LogP contribution in [0.4, 0.5) is 0 Å². The lowest BCUT2D eigenvalue weighted by Crippen LogP contribution is -2.19. The van der Waals surface area contributed by atoms with Gasteiger partial charge in [-0.15, -0.1) is 0 Å². The molecule has 4 nitrogen and oxygen atoms in total. The molecule has 0 saturated carbocycles. The molecule has 0 saturated heterocycles. The van der Waals surface area contributed by atoms with Crippen LogP contribution >= 0.6 is 15.9 Å². The van der Waals surface area contributed by atoms with Crippen molar-refractivity contribution >= 4 is 39.0 Å². The van der Waals surface area contributed by atoms with Crippen LogP contribution in [0.25, 0.3) is 10.9 Å². The quantitative estimate of drug-likeness (QED) is 0.553. The van der Waals surface area contributed by atoms with Crippen LogP contribution in [0.5, 0.6) is 0 Å². The molecule has 23 heavy (non-hydrogen) atoms. The number of amides is 1. The zero-order valence-electron chi connectivity index (χ0n) is 12.7. The van der Waals surface area contributed by atoms with Crippen molar-refractivity contribution in [3.63, 3.8) is 0 Å². The van der Waals surface area contributed by atoms with E-state index in [1.807, 2.05) is 60.3 Å². The molecule has 1 amide bonds. The summed E-state index contributed by atoms with van der Waals surface area (Å²) in [5, 5.41) is 5.18. The molecule has 5 heteroatoms. The summed E-state index contributed by atoms with van der Waals surface area (Å²) in [6.07, 6.45) is 3.98. The molecule has 1 aromatic heterocycles. The van der Waals surface area contributed by atoms with Crippen LogP contribution in [-0.2, 0) is 18.3 Å². The summed E-state index contributed by atoms with van der Waals surface area (Å²) in [5.41, 5.74) is 5.64. The molecule has 0 spiro atoms. The summed E-state index contributed by atoms with van der Waals surface area (Å²) in [5.74, 6) is -0.135. The van der Waals surface area contributed by atoms with E-state index in [2.05, 4.69) is 32.5 Å². The van der Waals surface area contributed by atoms with Gasteiger partial charge in [0.1, 0.15) is 0 Å². The fourth-order valence-corrected chi connectivity index (χ4v) is 2.74. The summed E-state index contributed by atoms with van der Waals surface area (Å²) >= 11 is 3.38. The van der Waals surface area contributed by atoms with Crippen molar-refractivity contribution in [1.29, 1.82) is 0 Å². The monoisotopic (exact) mass is 369 g/mol. The summed E-state index contributed by atoms with van der Waals surface area (Å²) < 4.78 is 3.04. The van der Waals surface area contributed by atoms with Crippen molar-refractivity contribution in [3.05, 3.63) is 70.3 Å². The van der Waals surface area contributed by atoms with Gasteiger partial charge >= 0.3 is 0 Å². The number of halogens is 1. The number of carbonyl (C=O) groups is 1. The molecule has 0 fully saturated rings. The number of hydrogen-bond acceptors (Lipinski definition) is 2. The lowest BCUT2D eigenvalue weighted by atomic mass is 10.1. The maximum absolute atomic E-state index is 11.9. The van der Waals surface area contributed by atoms with Crippen molar-refractivity contribution in [2.75, 3.05) is 0 Å². The molecule has 0 atom stereocenters. The minimum absolute atomic E-state index is 0.135. The number of nitrogens with one attached hydrogen (secondary N) is 1.